The molecule has 5 heteroatoms. The van der Waals surface area contributed by atoms with Crippen molar-refractivity contribution in [1.82, 2.24) is 15.0 Å². The highest BCUT2D eigenvalue weighted by atomic mass is 16.5. The fourth-order valence-electron chi connectivity index (χ4n) is 2.03. The molecule has 3 rings (SSSR count). The van der Waals surface area contributed by atoms with Crippen LogP contribution in [0.3, 0.4) is 0 Å². The van der Waals surface area contributed by atoms with Crippen molar-refractivity contribution < 1.29 is 4.74 Å². The van der Waals surface area contributed by atoms with Crippen molar-refractivity contribution in [3.8, 4) is 5.75 Å². The maximum Gasteiger partial charge on any atom is 0.164 e. The van der Waals surface area contributed by atoms with Gasteiger partial charge in [-0.3, -0.25) is 0 Å². The summed E-state index contributed by atoms with van der Waals surface area (Å²) in [5, 5.41) is 4.19. The van der Waals surface area contributed by atoms with Crippen LogP contribution >= 0.6 is 0 Å². The Kier molecular flexibility index (Phi) is 4.14. The Morgan fingerprint density at radius 3 is 2.64 bits per heavy atom. The zero-order chi connectivity index (χ0) is 15.4. The summed E-state index contributed by atoms with van der Waals surface area (Å²) in [6, 6.07) is 11.7. The molecular formula is C17H18N4O. The molecule has 0 spiro atoms. The summed E-state index contributed by atoms with van der Waals surface area (Å²) in [7, 11) is 0. The van der Waals surface area contributed by atoms with Crippen LogP contribution in [0.5, 0.6) is 5.75 Å². The third-order valence-electron chi connectivity index (χ3n) is 3.11. The topological polar surface area (TPSA) is 59.9 Å². The minimum absolute atomic E-state index is 0.512. The number of pyridine rings is 1. The highest BCUT2D eigenvalue weighted by molar-refractivity contribution is 5.87. The van der Waals surface area contributed by atoms with E-state index in [1.807, 2.05) is 36.4 Å². The standard InChI is InChI=1S/C17H18N4O/c1-12(2)10-22-14-7-5-13(6-8-14)21-17-15-4-3-9-18-16(15)19-11-20-17/h3-9,11-12H,10H2,1-2H3,(H,18,19,20,21). The Hall–Kier alpha value is -2.69. The molecule has 0 amide bonds. The molecule has 5 nitrogen and oxygen atoms in total. The van der Waals surface area contributed by atoms with Gasteiger partial charge in [0, 0.05) is 11.9 Å². The highest BCUT2D eigenvalue weighted by Gasteiger charge is 2.04. The van der Waals surface area contributed by atoms with Gasteiger partial charge >= 0.3 is 0 Å². The van der Waals surface area contributed by atoms with E-state index < -0.39 is 0 Å². The molecule has 0 fully saturated rings. The number of anilines is 2. The molecule has 1 N–H and O–H groups in total. The second kappa shape index (κ2) is 6.39. The number of nitrogens with one attached hydrogen (secondary N) is 1. The van der Waals surface area contributed by atoms with Gasteiger partial charge in [0.05, 0.1) is 12.0 Å². The van der Waals surface area contributed by atoms with E-state index in [4.69, 9.17) is 4.74 Å². The lowest BCUT2D eigenvalue weighted by atomic mass is 10.2. The lowest BCUT2D eigenvalue weighted by Crippen LogP contribution is -2.04. The summed E-state index contributed by atoms with van der Waals surface area (Å²) < 4.78 is 5.68. The second-order valence-electron chi connectivity index (χ2n) is 5.45. The molecule has 0 atom stereocenters. The molecule has 0 aliphatic heterocycles. The zero-order valence-electron chi connectivity index (χ0n) is 12.7. The first-order valence-corrected chi connectivity index (χ1v) is 7.28. The van der Waals surface area contributed by atoms with E-state index in [1.165, 1.54) is 6.33 Å². The van der Waals surface area contributed by atoms with Crippen LogP contribution in [0.25, 0.3) is 11.0 Å². The smallest absolute Gasteiger partial charge is 0.164 e. The van der Waals surface area contributed by atoms with E-state index in [-0.39, 0.29) is 0 Å². The van der Waals surface area contributed by atoms with Crippen LogP contribution in [0, 0.1) is 5.92 Å². The molecule has 2 aromatic heterocycles. The normalized spacial score (nSPS) is 10.9. The quantitative estimate of drug-likeness (QED) is 0.775. The minimum Gasteiger partial charge on any atom is -0.493 e. The van der Waals surface area contributed by atoms with E-state index in [9.17, 15) is 0 Å². The molecule has 1 aromatic carbocycles. The van der Waals surface area contributed by atoms with Gasteiger partial charge in [0.15, 0.2) is 5.65 Å². The second-order valence-corrected chi connectivity index (χ2v) is 5.45. The minimum atomic E-state index is 0.512. The predicted molar refractivity (Wildman–Crippen MR) is 87.4 cm³/mol. The van der Waals surface area contributed by atoms with Crippen LogP contribution in [0.4, 0.5) is 11.5 Å². The molecule has 112 valence electrons. The van der Waals surface area contributed by atoms with Gasteiger partial charge in [-0.1, -0.05) is 13.8 Å². The van der Waals surface area contributed by atoms with Crippen LogP contribution in [0.2, 0.25) is 0 Å². The number of aromatic nitrogens is 3. The average Bonchev–Trinajstić information content (AvgIpc) is 2.54. The van der Waals surface area contributed by atoms with Gasteiger partial charge in [0.2, 0.25) is 0 Å². The lowest BCUT2D eigenvalue weighted by molar-refractivity contribution is 0.271. The lowest BCUT2D eigenvalue weighted by Gasteiger charge is -2.10. The molecule has 22 heavy (non-hydrogen) atoms. The molecule has 0 radical (unpaired) electrons. The molecule has 0 unspecified atom stereocenters. The molecule has 0 aliphatic carbocycles. The molecule has 0 saturated carbocycles. The Morgan fingerprint density at radius 1 is 1.05 bits per heavy atom. The highest BCUT2D eigenvalue weighted by Crippen LogP contribution is 2.23. The summed E-state index contributed by atoms with van der Waals surface area (Å²) >= 11 is 0. The largest absolute Gasteiger partial charge is 0.493 e. The van der Waals surface area contributed by atoms with E-state index in [1.54, 1.807) is 6.20 Å². The van der Waals surface area contributed by atoms with Crippen LogP contribution in [0.15, 0.2) is 48.9 Å². The molecule has 0 saturated heterocycles. The summed E-state index contributed by atoms with van der Waals surface area (Å²) in [5.41, 5.74) is 1.62. The first kappa shape index (κ1) is 14.3. The summed E-state index contributed by atoms with van der Waals surface area (Å²) in [6.07, 6.45) is 3.23. The van der Waals surface area contributed by atoms with Crippen LogP contribution < -0.4 is 10.1 Å². The fraction of sp³-hybridized carbons (Fsp3) is 0.235. The Morgan fingerprint density at radius 2 is 1.86 bits per heavy atom. The van der Waals surface area contributed by atoms with Gasteiger partial charge in [-0.2, -0.15) is 0 Å². The average molecular weight is 294 g/mol. The van der Waals surface area contributed by atoms with Gasteiger partial charge in [-0.25, -0.2) is 15.0 Å². The molecule has 2 heterocycles. The van der Waals surface area contributed by atoms with E-state index >= 15 is 0 Å². The summed E-state index contributed by atoms with van der Waals surface area (Å²) in [6.45, 7) is 4.98. The third-order valence-corrected chi connectivity index (χ3v) is 3.11. The molecule has 0 bridgehead atoms. The van der Waals surface area contributed by atoms with Crippen molar-refractivity contribution in [2.24, 2.45) is 5.92 Å². The van der Waals surface area contributed by atoms with Crippen molar-refractivity contribution in [3.05, 3.63) is 48.9 Å². The van der Waals surface area contributed by atoms with Crippen molar-refractivity contribution >= 4 is 22.5 Å². The summed E-state index contributed by atoms with van der Waals surface area (Å²) in [4.78, 5) is 12.7. The number of nitrogens with zero attached hydrogens (tertiary/aromatic N) is 3. The van der Waals surface area contributed by atoms with E-state index in [2.05, 4.69) is 34.1 Å². The number of benzene rings is 1. The Labute approximate surface area is 129 Å². The first-order valence-electron chi connectivity index (χ1n) is 7.28. The first-order chi connectivity index (χ1) is 10.7. The molecule has 3 aromatic rings. The number of ether oxygens (including phenoxy) is 1. The van der Waals surface area contributed by atoms with Crippen molar-refractivity contribution in [2.75, 3.05) is 11.9 Å². The van der Waals surface area contributed by atoms with Crippen LogP contribution in [-0.2, 0) is 0 Å². The van der Waals surface area contributed by atoms with Crippen molar-refractivity contribution in [2.45, 2.75) is 13.8 Å². The van der Waals surface area contributed by atoms with Crippen LogP contribution in [-0.4, -0.2) is 21.6 Å². The van der Waals surface area contributed by atoms with Gasteiger partial charge in [-0.05, 0) is 42.3 Å². The fourth-order valence-corrected chi connectivity index (χ4v) is 2.03. The Balaban J connectivity index is 1.77. The van der Waals surface area contributed by atoms with Crippen molar-refractivity contribution in [3.63, 3.8) is 0 Å². The number of rotatable bonds is 5. The number of hydrogen-bond acceptors (Lipinski definition) is 5. The maximum absolute atomic E-state index is 5.68. The van der Waals surface area contributed by atoms with Crippen LogP contribution in [0.1, 0.15) is 13.8 Å². The van der Waals surface area contributed by atoms with E-state index in [0.717, 1.165) is 29.2 Å². The predicted octanol–water partition coefficient (Wildman–Crippen LogP) is 3.80. The van der Waals surface area contributed by atoms with Gasteiger partial charge in [-0.15, -0.1) is 0 Å². The van der Waals surface area contributed by atoms with Gasteiger partial charge in [0.1, 0.15) is 17.9 Å². The number of hydrogen-bond donors (Lipinski definition) is 1. The van der Waals surface area contributed by atoms with Gasteiger partial charge in [0.25, 0.3) is 0 Å². The van der Waals surface area contributed by atoms with Crippen molar-refractivity contribution in [1.29, 1.82) is 0 Å². The maximum atomic E-state index is 5.68. The molecular weight excluding hydrogens is 276 g/mol. The van der Waals surface area contributed by atoms with Gasteiger partial charge < -0.3 is 10.1 Å². The summed E-state index contributed by atoms with van der Waals surface area (Å²) in [5.74, 6) is 2.13. The SMILES string of the molecule is CC(C)COc1ccc(Nc2ncnc3ncccc23)cc1. The molecule has 0 aliphatic rings. The third kappa shape index (κ3) is 3.31. The van der Waals surface area contributed by atoms with E-state index in [0.29, 0.717) is 11.6 Å². The Bertz CT molecular complexity index is 751. The zero-order valence-corrected chi connectivity index (χ0v) is 12.7. The monoisotopic (exact) mass is 294 g/mol. The number of fused-ring (bicyclic) bond motifs is 1.